The number of para-hydroxylation sites is 1. The lowest BCUT2D eigenvalue weighted by Gasteiger charge is -2.33. The van der Waals surface area contributed by atoms with Crippen LogP contribution in [-0.4, -0.2) is 29.9 Å². The van der Waals surface area contributed by atoms with Crippen LogP contribution in [0.5, 0.6) is 5.75 Å². The fourth-order valence-corrected chi connectivity index (χ4v) is 4.61. The van der Waals surface area contributed by atoms with Gasteiger partial charge in [0, 0.05) is 16.6 Å². The fourth-order valence-electron chi connectivity index (χ4n) is 4.48. The van der Waals surface area contributed by atoms with Crippen molar-refractivity contribution in [1.82, 2.24) is 10.2 Å². The van der Waals surface area contributed by atoms with Crippen LogP contribution in [0.15, 0.2) is 71.3 Å². The van der Waals surface area contributed by atoms with Crippen LogP contribution < -0.4 is 10.1 Å². The van der Waals surface area contributed by atoms with Gasteiger partial charge in [-0.2, -0.15) is 0 Å². The van der Waals surface area contributed by atoms with E-state index in [0.717, 1.165) is 31.2 Å². The summed E-state index contributed by atoms with van der Waals surface area (Å²) in [7, 11) is 1.59. The number of hydrogen-bond acceptors (Lipinski definition) is 4. The molecule has 4 rings (SSSR count). The highest BCUT2D eigenvalue weighted by molar-refractivity contribution is 6.30. The van der Waals surface area contributed by atoms with Gasteiger partial charge in [0.2, 0.25) is 5.91 Å². The molecule has 1 heterocycles. The summed E-state index contributed by atoms with van der Waals surface area (Å²) < 4.78 is 11.0. The number of nitrogens with one attached hydrogen (secondary N) is 1. The number of halogens is 1. The number of nitrogens with zero attached hydrogens (tertiary/aromatic N) is 1. The molecule has 178 valence electrons. The van der Waals surface area contributed by atoms with Crippen LogP contribution in [0.25, 0.3) is 0 Å². The summed E-state index contributed by atoms with van der Waals surface area (Å²) in [5.74, 6) is 0.209. The lowest BCUT2D eigenvalue weighted by atomic mass is 9.94. The lowest BCUT2D eigenvalue weighted by molar-refractivity contribution is -0.127. The second kappa shape index (κ2) is 11.3. The third-order valence-corrected chi connectivity index (χ3v) is 6.48. The van der Waals surface area contributed by atoms with Crippen LogP contribution in [0, 0.1) is 0 Å². The number of benzene rings is 2. The molecular formula is C27H29ClN2O4. The summed E-state index contributed by atoms with van der Waals surface area (Å²) >= 11 is 6.13. The maximum Gasteiger partial charge on any atom is 0.290 e. The first-order valence-electron chi connectivity index (χ1n) is 11.6. The van der Waals surface area contributed by atoms with Gasteiger partial charge < -0.3 is 19.4 Å². The number of amides is 2. The van der Waals surface area contributed by atoms with Crippen LogP contribution in [0.1, 0.15) is 59.8 Å². The third-order valence-electron chi connectivity index (χ3n) is 6.22. The number of carbonyl (C=O) groups is 2. The van der Waals surface area contributed by atoms with Crippen molar-refractivity contribution in [2.24, 2.45) is 0 Å². The quantitative estimate of drug-likeness (QED) is 0.444. The predicted octanol–water partition coefficient (Wildman–Crippen LogP) is 5.77. The number of ether oxygens (including phenoxy) is 1. The third kappa shape index (κ3) is 5.62. The van der Waals surface area contributed by atoms with Gasteiger partial charge in [-0.05, 0) is 48.7 Å². The maximum absolute atomic E-state index is 13.8. The highest BCUT2D eigenvalue weighted by Crippen LogP contribution is 2.30. The zero-order valence-electron chi connectivity index (χ0n) is 19.2. The van der Waals surface area contributed by atoms with E-state index in [0.29, 0.717) is 16.3 Å². The number of hydrogen-bond donors (Lipinski definition) is 1. The molecular weight excluding hydrogens is 452 g/mol. The summed E-state index contributed by atoms with van der Waals surface area (Å²) in [6, 6.07) is 17.0. The normalized spacial score (nSPS) is 14.9. The van der Waals surface area contributed by atoms with Crippen LogP contribution in [0.4, 0.5) is 0 Å². The van der Waals surface area contributed by atoms with E-state index in [-0.39, 0.29) is 30.2 Å². The summed E-state index contributed by atoms with van der Waals surface area (Å²) in [6.07, 6.45) is 6.70. The Morgan fingerprint density at radius 2 is 1.79 bits per heavy atom. The molecule has 0 radical (unpaired) electrons. The topological polar surface area (TPSA) is 71.8 Å². The second-order valence-electron chi connectivity index (χ2n) is 8.52. The Hall–Kier alpha value is -3.25. The van der Waals surface area contributed by atoms with E-state index in [1.54, 1.807) is 43.5 Å². The minimum absolute atomic E-state index is 0.0999. The smallest absolute Gasteiger partial charge is 0.290 e. The van der Waals surface area contributed by atoms with Crippen LogP contribution in [0.3, 0.4) is 0 Å². The molecule has 0 bridgehead atoms. The summed E-state index contributed by atoms with van der Waals surface area (Å²) in [5, 5.41) is 3.76. The van der Waals surface area contributed by atoms with Gasteiger partial charge in [0.25, 0.3) is 5.91 Å². The van der Waals surface area contributed by atoms with E-state index in [9.17, 15) is 9.59 Å². The molecule has 2 amide bonds. The number of furan rings is 1. The highest BCUT2D eigenvalue weighted by atomic mass is 35.5. The van der Waals surface area contributed by atoms with Crippen molar-refractivity contribution in [2.45, 2.75) is 50.7 Å². The molecule has 1 aliphatic carbocycles. The van der Waals surface area contributed by atoms with Crippen LogP contribution in [0.2, 0.25) is 5.02 Å². The van der Waals surface area contributed by atoms with Gasteiger partial charge in [0.05, 0.1) is 19.9 Å². The molecule has 1 saturated carbocycles. The van der Waals surface area contributed by atoms with E-state index in [4.69, 9.17) is 20.8 Å². The number of methoxy groups -OCH3 is 1. The van der Waals surface area contributed by atoms with E-state index < -0.39 is 6.04 Å². The van der Waals surface area contributed by atoms with Gasteiger partial charge >= 0.3 is 0 Å². The zero-order chi connectivity index (χ0) is 23.9. The first-order chi connectivity index (χ1) is 16.6. The average molecular weight is 481 g/mol. The van der Waals surface area contributed by atoms with E-state index in [1.165, 1.54) is 17.6 Å². The molecule has 1 aromatic heterocycles. The molecule has 3 aromatic rings. The zero-order valence-corrected chi connectivity index (χ0v) is 20.0. The monoisotopic (exact) mass is 480 g/mol. The van der Waals surface area contributed by atoms with Crippen LogP contribution >= 0.6 is 11.6 Å². The molecule has 1 aliphatic rings. The molecule has 34 heavy (non-hydrogen) atoms. The SMILES string of the molecule is COc1ccccc1CN(C(=O)c1ccco1)C(C(=O)NC1CCCCC1)c1ccc(Cl)cc1. The molecule has 1 unspecified atom stereocenters. The Labute approximate surface area is 204 Å². The average Bonchev–Trinajstić information content (AvgIpc) is 3.40. The molecule has 1 fully saturated rings. The highest BCUT2D eigenvalue weighted by Gasteiger charge is 2.35. The van der Waals surface area contributed by atoms with Gasteiger partial charge in [-0.15, -0.1) is 0 Å². The van der Waals surface area contributed by atoms with Crippen LogP contribution in [-0.2, 0) is 11.3 Å². The summed E-state index contributed by atoms with van der Waals surface area (Å²) in [5.41, 5.74) is 1.46. The maximum atomic E-state index is 13.8. The molecule has 2 aromatic carbocycles. The Morgan fingerprint density at radius 1 is 1.06 bits per heavy atom. The molecule has 0 saturated heterocycles. The molecule has 0 spiro atoms. The first-order valence-corrected chi connectivity index (χ1v) is 12.0. The van der Waals surface area contributed by atoms with Crippen molar-refractivity contribution in [3.05, 3.63) is 88.8 Å². The lowest BCUT2D eigenvalue weighted by Crippen LogP contribution is -2.46. The van der Waals surface area contributed by atoms with Gasteiger partial charge in [0.1, 0.15) is 11.8 Å². The van der Waals surface area contributed by atoms with Crippen molar-refractivity contribution in [2.75, 3.05) is 7.11 Å². The van der Waals surface area contributed by atoms with E-state index >= 15 is 0 Å². The van der Waals surface area contributed by atoms with Crippen molar-refractivity contribution in [1.29, 1.82) is 0 Å². The van der Waals surface area contributed by atoms with Gasteiger partial charge in [0.15, 0.2) is 5.76 Å². The van der Waals surface area contributed by atoms with E-state index in [2.05, 4.69) is 5.32 Å². The molecule has 7 heteroatoms. The standard InChI is InChI=1S/C27H29ClN2O4/c1-33-23-11-6-5-8-20(23)18-30(27(32)24-12-7-17-34-24)25(19-13-15-21(28)16-14-19)26(31)29-22-9-3-2-4-10-22/h5-8,11-17,22,25H,2-4,9-10,18H2,1H3,(H,29,31). The molecule has 1 N–H and O–H groups in total. The predicted molar refractivity (Wildman–Crippen MR) is 131 cm³/mol. The van der Waals surface area contributed by atoms with Crippen molar-refractivity contribution >= 4 is 23.4 Å². The Balaban J connectivity index is 1.74. The minimum atomic E-state index is -0.873. The van der Waals surface area contributed by atoms with E-state index in [1.807, 2.05) is 24.3 Å². The molecule has 6 nitrogen and oxygen atoms in total. The first kappa shape index (κ1) is 23.9. The summed E-state index contributed by atoms with van der Waals surface area (Å²) in [4.78, 5) is 29.0. The van der Waals surface area contributed by atoms with Crippen molar-refractivity contribution in [3.63, 3.8) is 0 Å². The number of carbonyl (C=O) groups excluding carboxylic acids is 2. The van der Waals surface area contributed by atoms with Gasteiger partial charge in [-0.1, -0.05) is 61.2 Å². The van der Waals surface area contributed by atoms with Gasteiger partial charge in [-0.25, -0.2) is 0 Å². The second-order valence-corrected chi connectivity index (χ2v) is 8.96. The largest absolute Gasteiger partial charge is 0.496 e. The van der Waals surface area contributed by atoms with Crippen molar-refractivity contribution < 1.29 is 18.7 Å². The Morgan fingerprint density at radius 3 is 2.47 bits per heavy atom. The fraction of sp³-hybridized carbons (Fsp3) is 0.333. The Bertz CT molecular complexity index is 1090. The summed E-state index contributed by atoms with van der Waals surface area (Å²) in [6.45, 7) is 0.162. The number of rotatable bonds is 8. The minimum Gasteiger partial charge on any atom is -0.496 e. The van der Waals surface area contributed by atoms with Crippen molar-refractivity contribution in [3.8, 4) is 5.75 Å². The molecule has 1 atom stereocenters. The Kier molecular flexibility index (Phi) is 7.91. The van der Waals surface area contributed by atoms with Gasteiger partial charge in [-0.3, -0.25) is 9.59 Å². The molecule has 0 aliphatic heterocycles.